The van der Waals surface area contributed by atoms with Gasteiger partial charge in [-0.2, -0.15) is 0 Å². The lowest BCUT2D eigenvalue weighted by molar-refractivity contribution is 0.187. The topological polar surface area (TPSA) is 61.4 Å². The lowest BCUT2D eigenvalue weighted by Gasteiger charge is -2.32. The van der Waals surface area contributed by atoms with E-state index in [2.05, 4.69) is 22.0 Å². The van der Waals surface area contributed by atoms with Crippen molar-refractivity contribution in [3.05, 3.63) is 15.8 Å². The van der Waals surface area contributed by atoms with Gasteiger partial charge in [0.1, 0.15) is 4.90 Å². The zero-order valence-corrected chi connectivity index (χ0v) is 14.6. The molecule has 0 amide bonds. The number of sulfonamides is 1. The summed E-state index contributed by atoms with van der Waals surface area (Å²) in [4.78, 5) is 3.58. The molecule has 7 heteroatoms. The van der Waals surface area contributed by atoms with Crippen LogP contribution >= 0.6 is 11.3 Å². The molecule has 1 aromatic rings. The second-order valence-corrected chi connectivity index (χ2v) is 8.35. The summed E-state index contributed by atoms with van der Waals surface area (Å²) in [5, 5.41) is 4.94. The molecule has 0 saturated carbocycles. The van der Waals surface area contributed by atoms with Crippen molar-refractivity contribution in [2.75, 3.05) is 27.2 Å². The van der Waals surface area contributed by atoms with E-state index in [1.165, 1.54) is 24.2 Å². The van der Waals surface area contributed by atoms with Crippen LogP contribution < -0.4 is 10.0 Å². The van der Waals surface area contributed by atoms with E-state index in [0.717, 1.165) is 23.4 Å². The maximum absolute atomic E-state index is 12.6. The highest BCUT2D eigenvalue weighted by Gasteiger charge is 2.25. The molecule has 2 N–H and O–H groups in total. The van der Waals surface area contributed by atoms with E-state index in [9.17, 15) is 8.42 Å². The van der Waals surface area contributed by atoms with Gasteiger partial charge in [0.25, 0.3) is 0 Å². The fraction of sp³-hybridized carbons (Fsp3) is 0.714. The molecule has 1 aliphatic rings. The summed E-state index contributed by atoms with van der Waals surface area (Å²) in [5.41, 5.74) is 0.828. The third kappa shape index (κ3) is 4.04. The van der Waals surface area contributed by atoms with Gasteiger partial charge in [-0.25, -0.2) is 13.1 Å². The number of piperidine rings is 1. The number of thiophene rings is 1. The molecular formula is C14H25N3O2S2. The van der Waals surface area contributed by atoms with Crippen molar-refractivity contribution in [1.29, 1.82) is 0 Å². The van der Waals surface area contributed by atoms with Crippen LogP contribution in [0.4, 0.5) is 0 Å². The molecule has 21 heavy (non-hydrogen) atoms. The van der Waals surface area contributed by atoms with Gasteiger partial charge in [0.05, 0.1) is 0 Å². The first-order valence-corrected chi connectivity index (χ1v) is 9.73. The highest BCUT2D eigenvalue weighted by atomic mass is 32.2. The average Bonchev–Trinajstić information content (AvgIpc) is 2.80. The van der Waals surface area contributed by atoms with E-state index >= 15 is 0 Å². The lowest BCUT2D eigenvalue weighted by Crippen LogP contribution is -2.44. The first kappa shape index (κ1) is 16.9. The Bertz CT molecular complexity index is 569. The molecule has 1 atom stereocenters. The molecule has 0 spiro atoms. The monoisotopic (exact) mass is 331 g/mol. The van der Waals surface area contributed by atoms with Gasteiger partial charge in [-0.1, -0.05) is 6.42 Å². The molecule has 1 aliphatic heterocycles. The van der Waals surface area contributed by atoms with E-state index < -0.39 is 10.0 Å². The van der Waals surface area contributed by atoms with E-state index in [0.29, 0.717) is 24.0 Å². The van der Waals surface area contributed by atoms with Gasteiger partial charge < -0.3 is 10.2 Å². The lowest BCUT2D eigenvalue weighted by atomic mass is 10.0. The van der Waals surface area contributed by atoms with Crippen LogP contribution in [-0.4, -0.2) is 46.5 Å². The Labute approximate surface area is 131 Å². The molecule has 1 aromatic heterocycles. The molecule has 120 valence electrons. The Balaban J connectivity index is 2.09. The summed E-state index contributed by atoms with van der Waals surface area (Å²) in [6.07, 6.45) is 3.44. The zero-order chi connectivity index (χ0) is 15.5. The van der Waals surface area contributed by atoms with Crippen molar-refractivity contribution in [2.24, 2.45) is 0 Å². The Kier molecular flexibility index (Phi) is 5.79. The molecule has 0 radical (unpaired) electrons. The van der Waals surface area contributed by atoms with Crippen molar-refractivity contribution >= 4 is 21.4 Å². The number of nitrogens with one attached hydrogen (secondary N) is 2. The molecule has 2 rings (SSSR count). The largest absolute Gasteiger partial charge is 0.315 e. The van der Waals surface area contributed by atoms with Gasteiger partial charge in [-0.05, 0) is 51.3 Å². The normalized spacial score (nSPS) is 20.8. The summed E-state index contributed by atoms with van der Waals surface area (Å²) in [7, 11) is 0.470. The summed E-state index contributed by atoms with van der Waals surface area (Å²) in [6.45, 7) is 3.98. The van der Waals surface area contributed by atoms with E-state index in [-0.39, 0.29) is 0 Å². The molecule has 0 aliphatic carbocycles. The van der Waals surface area contributed by atoms with Crippen LogP contribution in [0.25, 0.3) is 0 Å². The third-order valence-corrected chi connectivity index (χ3v) is 6.91. The number of likely N-dealkylation sites (N-methyl/N-ethyl adjacent to an activating group) is 1. The second kappa shape index (κ2) is 7.19. The van der Waals surface area contributed by atoms with Crippen LogP contribution in [0.15, 0.2) is 10.3 Å². The van der Waals surface area contributed by atoms with Gasteiger partial charge in [0.15, 0.2) is 0 Å². The molecule has 1 unspecified atom stereocenters. The number of aryl methyl sites for hydroxylation is 1. The number of likely N-dealkylation sites (tertiary alicyclic amines) is 1. The first-order valence-electron chi connectivity index (χ1n) is 7.37. The van der Waals surface area contributed by atoms with Crippen molar-refractivity contribution in [3.63, 3.8) is 0 Å². The molecule has 0 aromatic carbocycles. The summed E-state index contributed by atoms with van der Waals surface area (Å²) in [5.74, 6) is 0. The molecule has 2 heterocycles. The Hall–Kier alpha value is -0.470. The molecule has 1 saturated heterocycles. The summed E-state index contributed by atoms with van der Waals surface area (Å²) >= 11 is 1.50. The molecule has 0 bridgehead atoms. The number of nitrogens with zero attached hydrogens (tertiary/aromatic N) is 1. The second-order valence-electron chi connectivity index (χ2n) is 5.68. The first-order chi connectivity index (χ1) is 9.95. The predicted octanol–water partition coefficient (Wildman–Crippen LogP) is 1.54. The Morgan fingerprint density at radius 1 is 1.43 bits per heavy atom. The van der Waals surface area contributed by atoms with E-state index in [1.54, 1.807) is 0 Å². The minimum Gasteiger partial charge on any atom is -0.315 e. The van der Waals surface area contributed by atoms with Gasteiger partial charge in [-0.3, -0.25) is 0 Å². The van der Waals surface area contributed by atoms with E-state index in [4.69, 9.17) is 0 Å². The smallest absolute Gasteiger partial charge is 0.242 e. The minimum absolute atomic E-state index is 0.306. The molecular weight excluding hydrogens is 306 g/mol. The van der Waals surface area contributed by atoms with Gasteiger partial charge in [-0.15, -0.1) is 11.3 Å². The predicted molar refractivity (Wildman–Crippen MR) is 87.3 cm³/mol. The van der Waals surface area contributed by atoms with Crippen LogP contribution in [0.3, 0.4) is 0 Å². The van der Waals surface area contributed by atoms with Crippen molar-refractivity contribution in [1.82, 2.24) is 14.9 Å². The molecule has 5 nitrogen and oxygen atoms in total. The fourth-order valence-electron chi connectivity index (χ4n) is 2.81. The number of hydrogen-bond donors (Lipinski definition) is 2. The maximum atomic E-state index is 12.6. The number of hydrogen-bond acceptors (Lipinski definition) is 5. The highest BCUT2D eigenvalue weighted by molar-refractivity contribution is 7.89. The van der Waals surface area contributed by atoms with Crippen molar-refractivity contribution in [2.45, 2.75) is 43.7 Å². The van der Waals surface area contributed by atoms with Crippen LogP contribution in [0.5, 0.6) is 0 Å². The maximum Gasteiger partial charge on any atom is 0.242 e. The van der Waals surface area contributed by atoms with Crippen molar-refractivity contribution in [3.8, 4) is 0 Å². The third-order valence-electron chi connectivity index (χ3n) is 4.03. The van der Waals surface area contributed by atoms with Gasteiger partial charge >= 0.3 is 0 Å². The quantitative estimate of drug-likeness (QED) is 0.830. The summed E-state index contributed by atoms with van der Waals surface area (Å²) < 4.78 is 28.0. The average molecular weight is 332 g/mol. The Morgan fingerprint density at radius 3 is 2.86 bits per heavy atom. The van der Waals surface area contributed by atoms with Gasteiger partial charge in [0.2, 0.25) is 10.0 Å². The number of rotatable bonds is 6. The Morgan fingerprint density at radius 2 is 2.19 bits per heavy atom. The van der Waals surface area contributed by atoms with E-state index in [1.807, 2.05) is 19.4 Å². The van der Waals surface area contributed by atoms with Crippen LogP contribution in [0.2, 0.25) is 0 Å². The van der Waals surface area contributed by atoms with Crippen LogP contribution in [0, 0.1) is 6.92 Å². The highest BCUT2D eigenvalue weighted by Crippen LogP contribution is 2.27. The van der Waals surface area contributed by atoms with Gasteiger partial charge in [0, 0.05) is 24.0 Å². The summed E-state index contributed by atoms with van der Waals surface area (Å²) in [6, 6.07) is 0.306. The minimum atomic E-state index is -3.43. The fourth-order valence-corrected chi connectivity index (χ4v) is 5.70. The standard InChI is InChI=1S/C14H25N3O2S2/c1-11-10-20-13(9-15-2)14(11)21(18,19)16-8-12-6-4-5-7-17(12)3/h10,12,15-16H,4-9H2,1-3H3. The van der Waals surface area contributed by atoms with Crippen molar-refractivity contribution < 1.29 is 8.42 Å². The molecule has 1 fully saturated rings. The van der Waals surface area contributed by atoms with Crippen LogP contribution in [0.1, 0.15) is 29.7 Å². The SMILES string of the molecule is CNCc1scc(C)c1S(=O)(=O)NCC1CCCCN1C. The zero-order valence-electron chi connectivity index (χ0n) is 13.0. The van der Waals surface area contributed by atoms with Crippen LogP contribution in [-0.2, 0) is 16.6 Å².